The first kappa shape index (κ1) is 31.7. The van der Waals surface area contributed by atoms with Gasteiger partial charge < -0.3 is 15.4 Å². The van der Waals surface area contributed by atoms with Crippen LogP contribution in [0.5, 0.6) is 0 Å². The average Bonchev–Trinajstić information content (AvgIpc) is 3.58. The van der Waals surface area contributed by atoms with Gasteiger partial charge in [0.05, 0.1) is 15.8 Å². The number of likely N-dealkylation sites (tertiary alicyclic amines) is 1. The molecule has 0 radical (unpaired) electrons. The average molecular weight is 636 g/mol. The maximum Gasteiger partial charge on any atom is 0.436 e. The molecule has 5 rings (SSSR count). The van der Waals surface area contributed by atoms with Crippen LogP contribution in [0.1, 0.15) is 84.5 Å². The van der Waals surface area contributed by atoms with Crippen molar-refractivity contribution in [2.24, 2.45) is 0 Å². The summed E-state index contributed by atoms with van der Waals surface area (Å²) in [6, 6.07) is 16.5. The molecule has 1 aliphatic rings. The molecule has 4 aromatic rings. The zero-order valence-electron chi connectivity index (χ0n) is 25.5. The number of carbonyl (C=O) groups is 3. The van der Waals surface area contributed by atoms with E-state index in [0.29, 0.717) is 32.1 Å². The Labute approximate surface area is 266 Å². The fourth-order valence-electron chi connectivity index (χ4n) is 5.24. The van der Waals surface area contributed by atoms with E-state index in [2.05, 4.69) is 20.6 Å². The highest BCUT2D eigenvalue weighted by molar-refractivity contribution is 7.20. The van der Waals surface area contributed by atoms with Gasteiger partial charge in [-0.1, -0.05) is 55.3 Å². The van der Waals surface area contributed by atoms with Crippen LogP contribution in [-0.2, 0) is 16.8 Å². The van der Waals surface area contributed by atoms with Crippen molar-refractivity contribution in [2.75, 3.05) is 18.4 Å². The summed E-state index contributed by atoms with van der Waals surface area (Å²) < 4.78 is 6.64. The Balaban J connectivity index is 1.39. The Morgan fingerprint density at radius 2 is 1.75 bits per heavy atom. The molecule has 1 saturated heterocycles. The summed E-state index contributed by atoms with van der Waals surface area (Å²) in [5.41, 5.74) is 1.61. The molecule has 232 valence electrons. The first-order valence-electron chi connectivity index (χ1n) is 15.0. The number of hydrogen-bond donors (Lipinski definition) is 2. The molecular formula is C33H38ClN5O4S. The van der Waals surface area contributed by atoms with Gasteiger partial charge in [-0.3, -0.25) is 14.5 Å². The number of amides is 2. The molecular weight excluding hydrogens is 598 g/mol. The lowest BCUT2D eigenvalue weighted by Gasteiger charge is -2.27. The van der Waals surface area contributed by atoms with E-state index >= 15 is 0 Å². The van der Waals surface area contributed by atoms with Gasteiger partial charge in [-0.05, 0) is 88.5 Å². The lowest BCUT2D eigenvalue weighted by molar-refractivity contribution is 0.0915. The number of aromatic nitrogens is 2. The zero-order valence-corrected chi connectivity index (χ0v) is 27.1. The van der Waals surface area contributed by atoms with Crippen LogP contribution in [0.15, 0.2) is 54.6 Å². The van der Waals surface area contributed by atoms with Crippen LogP contribution in [0.4, 0.5) is 10.6 Å². The number of nitrogens with one attached hydrogen (secondary N) is 2. The van der Waals surface area contributed by atoms with E-state index in [1.54, 1.807) is 31.2 Å². The minimum Gasteiger partial charge on any atom is -0.445 e. The number of carbonyl (C=O) groups excluding carboxylic acids is 3. The summed E-state index contributed by atoms with van der Waals surface area (Å²) >= 11 is 7.51. The molecule has 2 aromatic heterocycles. The first-order chi connectivity index (χ1) is 21.1. The highest BCUT2D eigenvalue weighted by Crippen LogP contribution is 2.34. The molecule has 0 spiro atoms. The summed E-state index contributed by atoms with van der Waals surface area (Å²) in [4.78, 5) is 43.0. The lowest BCUT2D eigenvalue weighted by atomic mass is 9.94. The number of ether oxygens (including phenoxy) is 1. The van der Waals surface area contributed by atoms with Gasteiger partial charge in [0.25, 0.3) is 11.8 Å². The lowest BCUT2D eigenvalue weighted by Crippen LogP contribution is -2.40. The van der Waals surface area contributed by atoms with Gasteiger partial charge in [0, 0.05) is 17.1 Å². The molecule has 3 heterocycles. The van der Waals surface area contributed by atoms with Crippen molar-refractivity contribution >= 4 is 56.9 Å². The molecule has 2 aromatic carbocycles. The molecule has 1 unspecified atom stereocenters. The van der Waals surface area contributed by atoms with Crippen LogP contribution >= 0.6 is 22.9 Å². The summed E-state index contributed by atoms with van der Waals surface area (Å²) in [6.07, 6.45) is 3.34. The molecule has 2 amide bonds. The third-order valence-electron chi connectivity index (χ3n) is 7.91. The molecule has 0 saturated carbocycles. The maximum absolute atomic E-state index is 13.5. The Morgan fingerprint density at radius 1 is 1.05 bits per heavy atom. The van der Waals surface area contributed by atoms with Gasteiger partial charge in [-0.15, -0.1) is 16.4 Å². The fourth-order valence-corrected chi connectivity index (χ4v) is 6.61. The summed E-state index contributed by atoms with van der Waals surface area (Å²) in [6.45, 7) is 10.5. The van der Waals surface area contributed by atoms with Gasteiger partial charge in [0.1, 0.15) is 10.9 Å². The second-order valence-electron chi connectivity index (χ2n) is 11.7. The largest absolute Gasteiger partial charge is 0.445 e. The van der Waals surface area contributed by atoms with E-state index in [1.165, 1.54) is 19.3 Å². The number of nitrogens with zero attached hydrogens (tertiary/aromatic N) is 3. The number of fused-ring (bicyclic) bond motifs is 1. The highest BCUT2D eigenvalue weighted by atomic mass is 35.5. The van der Waals surface area contributed by atoms with E-state index in [-0.39, 0.29) is 23.7 Å². The quantitative estimate of drug-likeness (QED) is 0.198. The molecule has 9 nitrogen and oxygen atoms in total. The molecule has 44 heavy (non-hydrogen) atoms. The molecule has 1 fully saturated rings. The van der Waals surface area contributed by atoms with Gasteiger partial charge in [0.2, 0.25) is 0 Å². The Hall–Kier alpha value is -3.73. The van der Waals surface area contributed by atoms with Crippen molar-refractivity contribution in [3.8, 4) is 0 Å². The summed E-state index contributed by atoms with van der Waals surface area (Å²) in [7, 11) is 0. The number of anilines is 1. The van der Waals surface area contributed by atoms with E-state index < -0.39 is 11.6 Å². The van der Waals surface area contributed by atoms with Crippen molar-refractivity contribution < 1.29 is 19.1 Å². The SMILES string of the molecule is CCC(C)OC(=O)n1nc(NC(=O)c2ccc(CN3CCCCC3)cc2)c2cc(C(=O)NC(C)(C)c3ccccc3Cl)sc21. The van der Waals surface area contributed by atoms with Crippen LogP contribution in [0.25, 0.3) is 10.2 Å². The minimum atomic E-state index is -0.773. The number of hydrogen-bond acceptors (Lipinski definition) is 7. The van der Waals surface area contributed by atoms with Crippen molar-refractivity contribution in [3.05, 3.63) is 81.2 Å². The normalized spacial score (nSPS) is 14.8. The smallest absolute Gasteiger partial charge is 0.436 e. The number of thiophene rings is 1. The van der Waals surface area contributed by atoms with E-state index in [0.717, 1.165) is 46.8 Å². The van der Waals surface area contributed by atoms with Gasteiger partial charge >= 0.3 is 6.09 Å². The van der Waals surface area contributed by atoms with Gasteiger partial charge in [0.15, 0.2) is 5.82 Å². The molecule has 0 bridgehead atoms. The Bertz CT molecular complexity index is 1660. The van der Waals surface area contributed by atoms with E-state index in [9.17, 15) is 14.4 Å². The van der Waals surface area contributed by atoms with Gasteiger partial charge in [-0.2, -0.15) is 4.68 Å². The van der Waals surface area contributed by atoms with Crippen molar-refractivity contribution in [2.45, 2.75) is 71.6 Å². The minimum absolute atomic E-state index is 0.171. The van der Waals surface area contributed by atoms with E-state index in [1.807, 2.05) is 51.1 Å². The predicted octanol–water partition coefficient (Wildman–Crippen LogP) is 7.44. The summed E-state index contributed by atoms with van der Waals surface area (Å²) in [5, 5.41) is 11.3. The number of rotatable bonds is 9. The van der Waals surface area contributed by atoms with Crippen molar-refractivity contribution in [1.29, 1.82) is 0 Å². The Morgan fingerprint density at radius 3 is 2.43 bits per heavy atom. The van der Waals surface area contributed by atoms with Crippen LogP contribution in [0.2, 0.25) is 5.02 Å². The second-order valence-corrected chi connectivity index (χ2v) is 13.2. The van der Waals surface area contributed by atoms with Crippen LogP contribution in [0, 0.1) is 0 Å². The third-order valence-corrected chi connectivity index (χ3v) is 9.35. The van der Waals surface area contributed by atoms with Crippen LogP contribution in [0.3, 0.4) is 0 Å². The maximum atomic E-state index is 13.5. The highest BCUT2D eigenvalue weighted by Gasteiger charge is 2.29. The summed E-state index contributed by atoms with van der Waals surface area (Å²) in [5.74, 6) is -0.544. The molecule has 1 atom stereocenters. The Kier molecular flexibility index (Phi) is 9.72. The predicted molar refractivity (Wildman–Crippen MR) is 175 cm³/mol. The topological polar surface area (TPSA) is 106 Å². The molecule has 11 heteroatoms. The molecule has 1 aliphatic heterocycles. The zero-order chi connectivity index (χ0) is 31.4. The standard InChI is InChI=1S/C33H38ClN5O4S/c1-5-21(2)43-32(42)39-31-24(19-27(44-31)30(41)36-33(3,4)25-11-7-8-12-26(25)34)28(37-39)35-29(40)23-15-13-22(14-16-23)20-38-17-9-6-10-18-38/h7-8,11-16,19,21H,5-6,9-10,17-18,20H2,1-4H3,(H,36,41)(H,35,37,40). The second kappa shape index (κ2) is 13.5. The van der Waals surface area contributed by atoms with Crippen molar-refractivity contribution in [3.63, 3.8) is 0 Å². The number of benzene rings is 2. The van der Waals surface area contributed by atoms with Crippen LogP contribution < -0.4 is 10.6 Å². The monoisotopic (exact) mass is 635 g/mol. The van der Waals surface area contributed by atoms with Crippen molar-refractivity contribution in [1.82, 2.24) is 20.0 Å². The van der Waals surface area contributed by atoms with Crippen LogP contribution in [-0.4, -0.2) is 51.8 Å². The molecule has 0 aliphatic carbocycles. The van der Waals surface area contributed by atoms with E-state index in [4.69, 9.17) is 16.3 Å². The third kappa shape index (κ3) is 7.14. The number of piperidine rings is 1. The first-order valence-corrected chi connectivity index (χ1v) is 16.2. The van der Waals surface area contributed by atoms with Gasteiger partial charge in [-0.25, -0.2) is 4.79 Å². The fraction of sp³-hybridized carbons (Fsp3) is 0.394. The molecule has 2 N–H and O–H groups in total. The number of halogens is 1.